The first-order valence-corrected chi connectivity index (χ1v) is 10.6. The molecule has 4 rings (SSSR count). The molecule has 2 aromatic rings. The number of hydrogen-bond acceptors (Lipinski definition) is 6. The zero-order valence-corrected chi connectivity index (χ0v) is 18.9. The van der Waals surface area contributed by atoms with E-state index in [9.17, 15) is 5.11 Å². The fourth-order valence-corrected chi connectivity index (χ4v) is 4.93. The Hall–Kier alpha value is -2.70. The second kappa shape index (κ2) is 8.44. The molecule has 0 spiro atoms. The summed E-state index contributed by atoms with van der Waals surface area (Å²) in [6, 6.07) is 9.97. The minimum Gasteiger partial charge on any atom is -0.493 e. The number of rotatable bonds is 6. The number of fused-ring (bicyclic) bond motifs is 1. The molecule has 1 saturated heterocycles. The van der Waals surface area contributed by atoms with Crippen LogP contribution < -0.4 is 18.9 Å². The van der Waals surface area contributed by atoms with Gasteiger partial charge in [-0.25, -0.2) is 0 Å². The third-order valence-corrected chi connectivity index (χ3v) is 6.49. The van der Waals surface area contributed by atoms with Crippen LogP contribution in [0.15, 0.2) is 36.4 Å². The lowest BCUT2D eigenvalue weighted by Gasteiger charge is -2.42. The molecule has 2 atom stereocenters. The quantitative estimate of drug-likeness (QED) is 0.760. The second-order valence-corrected chi connectivity index (χ2v) is 8.22. The van der Waals surface area contributed by atoms with E-state index < -0.39 is 5.60 Å². The first kappa shape index (κ1) is 21.5. The zero-order chi connectivity index (χ0) is 22.2. The monoisotopic (exact) mass is 425 g/mol. The number of methoxy groups -OCH3 is 4. The van der Waals surface area contributed by atoms with Crippen LogP contribution in [0.1, 0.15) is 29.5 Å². The van der Waals surface area contributed by atoms with E-state index in [1.807, 2.05) is 31.2 Å². The predicted molar refractivity (Wildman–Crippen MR) is 120 cm³/mol. The van der Waals surface area contributed by atoms with Gasteiger partial charge in [0.1, 0.15) is 5.60 Å². The summed E-state index contributed by atoms with van der Waals surface area (Å²) >= 11 is 0. The second-order valence-electron chi connectivity index (χ2n) is 8.22. The van der Waals surface area contributed by atoms with E-state index in [1.54, 1.807) is 28.4 Å². The summed E-state index contributed by atoms with van der Waals surface area (Å²) in [5.41, 5.74) is 2.34. The molecule has 31 heavy (non-hydrogen) atoms. The van der Waals surface area contributed by atoms with Crippen molar-refractivity contribution in [3.8, 4) is 23.0 Å². The van der Waals surface area contributed by atoms with Gasteiger partial charge >= 0.3 is 0 Å². The maximum atomic E-state index is 12.2. The van der Waals surface area contributed by atoms with Crippen molar-refractivity contribution in [2.24, 2.45) is 0 Å². The highest BCUT2D eigenvalue weighted by molar-refractivity contribution is 5.78. The summed E-state index contributed by atoms with van der Waals surface area (Å²) in [4.78, 5) is 2.35. The lowest BCUT2D eigenvalue weighted by molar-refractivity contribution is 0.0432. The zero-order valence-electron chi connectivity index (χ0n) is 18.9. The van der Waals surface area contributed by atoms with Gasteiger partial charge in [0, 0.05) is 12.6 Å². The molecule has 0 aromatic heterocycles. The van der Waals surface area contributed by atoms with Crippen molar-refractivity contribution in [1.82, 2.24) is 4.90 Å². The molecule has 166 valence electrons. The average molecular weight is 426 g/mol. The molecular formula is C25H31NO5. The predicted octanol–water partition coefficient (Wildman–Crippen LogP) is 3.78. The van der Waals surface area contributed by atoms with E-state index >= 15 is 0 Å². The van der Waals surface area contributed by atoms with Crippen LogP contribution >= 0.6 is 0 Å². The third-order valence-electron chi connectivity index (χ3n) is 6.49. The van der Waals surface area contributed by atoms with Crippen molar-refractivity contribution in [3.63, 3.8) is 0 Å². The smallest absolute Gasteiger partial charge is 0.163 e. The Labute approximate surface area is 184 Å². The highest BCUT2D eigenvalue weighted by Crippen LogP contribution is 2.47. The Kier molecular flexibility index (Phi) is 5.86. The van der Waals surface area contributed by atoms with E-state index in [0.29, 0.717) is 35.6 Å². The lowest BCUT2D eigenvalue weighted by atomic mass is 9.78. The number of benzene rings is 2. The number of aliphatic hydroxyl groups is 1. The largest absolute Gasteiger partial charge is 0.493 e. The number of nitrogens with zero attached hydrogens (tertiary/aromatic N) is 1. The molecule has 0 bridgehead atoms. The fourth-order valence-electron chi connectivity index (χ4n) is 4.93. The van der Waals surface area contributed by atoms with Gasteiger partial charge in [0.25, 0.3) is 0 Å². The van der Waals surface area contributed by atoms with Crippen LogP contribution in [0.25, 0.3) is 5.57 Å². The number of aryl methyl sites for hydroxylation is 1. The molecular weight excluding hydrogens is 394 g/mol. The van der Waals surface area contributed by atoms with Crippen molar-refractivity contribution < 1.29 is 24.1 Å². The van der Waals surface area contributed by atoms with Crippen molar-refractivity contribution in [3.05, 3.63) is 53.1 Å². The van der Waals surface area contributed by atoms with Gasteiger partial charge in [-0.05, 0) is 72.8 Å². The molecule has 1 fully saturated rings. The Morgan fingerprint density at radius 3 is 2.35 bits per heavy atom. The van der Waals surface area contributed by atoms with Crippen molar-refractivity contribution in [1.29, 1.82) is 0 Å². The maximum absolute atomic E-state index is 12.2. The van der Waals surface area contributed by atoms with Gasteiger partial charge in [0.15, 0.2) is 23.0 Å². The van der Waals surface area contributed by atoms with E-state index in [2.05, 4.69) is 17.0 Å². The standard InChI is InChI=1S/C25H31NO5/c1-16-11-17(12-23(30-4)24(16)31-5)20-14-19-7-6-10-26(19)15-25(20,27)18-8-9-21(28-2)22(13-18)29-3/h8-9,11-14,19,27H,6-7,10,15H2,1-5H3/t19-,25-/m0/s1. The van der Waals surface area contributed by atoms with Gasteiger partial charge in [0.05, 0.1) is 28.4 Å². The Bertz CT molecular complexity index is 1000. The van der Waals surface area contributed by atoms with Crippen LogP contribution in [0.2, 0.25) is 0 Å². The molecule has 0 radical (unpaired) electrons. The molecule has 2 aliphatic heterocycles. The molecule has 0 saturated carbocycles. The molecule has 6 nitrogen and oxygen atoms in total. The SMILES string of the molecule is COc1ccc([C@@]2(O)CN3CCC[C@H]3C=C2c2cc(C)c(OC)c(OC)c2)cc1OC. The molecule has 2 aromatic carbocycles. The van der Waals surface area contributed by atoms with Crippen LogP contribution in [0.4, 0.5) is 0 Å². The first-order valence-electron chi connectivity index (χ1n) is 10.6. The highest BCUT2D eigenvalue weighted by Gasteiger charge is 2.44. The van der Waals surface area contributed by atoms with Gasteiger partial charge in [-0.15, -0.1) is 0 Å². The number of hydrogen-bond donors (Lipinski definition) is 1. The molecule has 6 heteroatoms. The van der Waals surface area contributed by atoms with Gasteiger partial charge in [-0.1, -0.05) is 12.1 Å². The van der Waals surface area contributed by atoms with Gasteiger partial charge in [0.2, 0.25) is 0 Å². The van der Waals surface area contributed by atoms with Gasteiger partial charge in [-0.2, -0.15) is 0 Å². The number of ether oxygens (including phenoxy) is 4. The van der Waals surface area contributed by atoms with E-state index in [4.69, 9.17) is 18.9 Å². The minimum absolute atomic E-state index is 0.323. The third kappa shape index (κ3) is 3.64. The van der Waals surface area contributed by atoms with Crippen LogP contribution in [0, 0.1) is 6.92 Å². The van der Waals surface area contributed by atoms with Crippen molar-refractivity contribution in [2.75, 3.05) is 41.5 Å². The fraction of sp³-hybridized carbons (Fsp3) is 0.440. The average Bonchev–Trinajstić information content (AvgIpc) is 3.24. The van der Waals surface area contributed by atoms with Gasteiger partial charge in [-0.3, -0.25) is 4.90 Å². The Morgan fingerprint density at radius 1 is 0.935 bits per heavy atom. The minimum atomic E-state index is -1.20. The topological polar surface area (TPSA) is 60.4 Å². The van der Waals surface area contributed by atoms with Crippen molar-refractivity contribution in [2.45, 2.75) is 31.4 Å². The summed E-state index contributed by atoms with van der Waals surface area (Å²) in [7, 11) is 6.49. The van der Waals surface area contributed by atoms with E-state index in [-0.39, 0.29) is 0 Å². The maximum Gasteiger partial charge on any atom is 0.163 e. The highest BCUT2D eigenvalue weighted by atomic mass is 16.5. The Morgan fingerprint density at radius 2 is 1.68 bits per heavy atom. The van der Waals surface area contributed by atoms with Crippen LogP contribution in [-0.2, 0) is 5.60 Å². The summed E-state index contributed by atoms with van der Waals surface area (Å²) in [6.07, 6.45) is 4.44. The molecule has 2 aliphatic rings. The van der Waals surface area contributed by atoms with Crippen LogP contribution in [-0.4, -0.2) is 57.6 Å². The summed E-state index contributed by atoms with van der Waals surface area (Å²) in [6.45, 7) is 3.49. The summed E-state index contributed by atoms with van der Waals surface area (Å²) in [5.74, 6) is 2.60. The summed E-state index contributed by atoms with van der Waals surface area (Å²) in [5, 5.41) is 12.2. The van der Waals surface area contributed by atoms with Crippen molar-refractivity contribution >= 4 is 5.57 Å². The molecule has 0 unspecified atom stereocenters. The molecule has 0 amide bonds. The van der Waals surface area contributed by atoms with Gasteiger partial charge < -0.3 is 24.1 Å². The molecule has 2 heterocycles. The normalized spacial score (nSPS) is 23.2. The first-order chi connectivity index (χ1) is 14.9. The lowest BCUT2D eigenvalue weighted by Crippen LogP contribution is -2.47. The van der Waals surface area contributed by atoms with E-state index in [1.165, 1.54) is 0 Å². The Balaban J connectivity index is 1.89. The van der Waals surface area contributed by atoms with E-state index in [0.717, 1.165) is 41.6 Å². The molecule has 1 N–H and O–H groups in total. The summed E-state index contributed by atoms with van der Waals surface area (Å²) < 4.78 is 22.0. The van der Waals surface area contributed by atoms with Crippen LogP contribution in [0.3, 0.4) is 0 Å². The van der Waals surface area contributed by atoms with Crippen LogP contribution in [0.5, 0.6) is 23.0 Å². The molecule has 0 aliphatic carbocycles.